The van der Waals surface area contributed by atoms with Crippen LogP contribution in [0.5, 0.6) is 0 Å². The van der Waals surface area contributed by atoms with E-state index in [-0.39, 0.29) is 5.82 Å². The summed E-state index contributed by atoms with van der Waals surface area (Å²) < 4.78 is 18.5. The van der Waals surface area contributed by atoms with Gasteiger partial charge in [-0.25, -0.2) is 4.39 Å². The molecular weight excluding hydrogens is 259 g/mol. The van der Waals surface area contributed by atoms with Gasteiger partial charge >= 0.3 is 0 Å². The van der Waals surface area contributed by atoms with E-state index in [9.17, 15) is 4.39 Å². The van der Waals surface area contributed by atoms with Crippen LogP contribution >= 0.6 is 0 Å². The molecule has 0 aliphatic carbocycles. The van der Waals surface area contributed by atoms with Crippen molar-refractivity contribution in [3.8, 4) is 11.5 Å². The predicted molar refractivity (Wildman–Crippen MR) is 72.5 cm³/mol. The second kappa shape index (κ2) is 5.68. The molecule has 1 aromatic carbocycles. The maximum atomic E-state index is 12.9. The third-order valence-corrected chi connectivity index (χ3v) is 3.51. The van der Waals surface area contributed by atoms with E-state index in [1.807, 2.05) is 0 Å². The molecule has 2 heterocycles. The third-order valence-electron chi connectivity index (χ3n) is 3.51. The van der Waals surface area contributed by atoms with Crippen LogP contribution in [-0.4, -0.2) is 53.2 Å². The molecule has 0 spiro atoms. The largest absolute Gasteiger partial charge is 0.419 e. The number of halogens is 1. The molecule has 0 unspecified atom stereocenters. The highest BCUT2D eigenvalue weighted by Gasteiger charge is 2.17. The lowest BCUT2D eigenvalue weighted by Gasteiger charge is -2.31. The molecule has 6 heteroatoms. The molecule has 106 valence electrons. The van der Waals surface area contributed by atoms with Gasteiger partial charge in [0.2, 0.25) is 11.8 Å². The third kappa shape index (κ3) is 3.02. The fourth-order valence-corrected chi connectivity index (χ4v) is 2.22. The Morgan fingerprint density at radius 1 is 1.10 bits per heavy atom. The van der Waals surface area contributed by atoms with Crippen LogP contribution in [0.1, 0.15) is 5.89 Å². The van der Waals surface area contributed by atoms with Crippen molar-refractivity contribution >= 4 is 0 Å². The van der Waals surface area contributed by atoms with Gasteiger partial charge in [0.05, 0.1) is 6.54 Å². The lowest BCUT2D eigenvalue weighted by Crippen LogP contribution is -2.43. The maximum absolute atomic E-state index is 12.9. The molecule has 20 heavy (non-hydrogen) atoms. The lowest BCUT2D eigenvalue weighted by molar-refractivity contribution is 0.138. The molecule has 0 atom stereocenters. The van der Waals surface area contributed by atoms with E-state index in [2.05, 4.69) is 27.0 Å². The summed E-state index contributed by atoms with van der Waals surface area (Å²) in [4.78, 5) is 4.59. The summed E-state index contributed by atoms with van der Waals surface area (Å²) in [5.74, 6) is 0.772. The zero-order valence-corrected chi connectivity index (χ0v) is 11.4. The number of likely N-dealkylation sites (N-methyl/N-ethyl adjacent to an activating group) is 1. The van der Waals surface area contributed by atoms with E-state index in [1.165, 1.54) is 12.1 Å². The quantitative estimate of drug-likeness (QED) is 0.852. The van der Waals surface area contributed by atoms with Crippen molar-refractivity contribution in [2.24, 2.45) is 0 Å². The van der Waals surface area contributed by atoms with Gasteiger partial charge in [0.1, 0.15) is 5.82 Å². The van der Waals surface area contributed by atoms with Crippen LogP contribution in [0.15, 0.2) is 28.7 Å². The Hall–Kier alpha value is -1.79. The van der Waals surface area contributed by atoms with Gasteiger partial charge in [0, 0.05) is 31.7 Å². The van der Waals surface area contributed by atoms with Gasteiger partial charge in [-0.1, -0.05) is 0 Å². The Morgan fingerprint density at radius 3 is 2.50 bits per heavy atom. The van der Waals surface area contributed by atoms with Gasteiger partial charge < -0.3 is 9.32 Å². The lowest BCUT2D eigenvalue weighted by atomic mass is 10.2. The Labute approximate surface area is 117 Å². The summed E-state index contributed by atoms with van der Waals surface area (Å²) in [7, 11) is 2.12. The van der Waals surface area contributed by atoms with E-state index in [4.69, 9.17) is 4.42 Å². The minimum Gasteiger partial charge on any atom is -0.419 e. The molecule has 0 saturated carbocycles. The summed E-state index contributed by atoms with van der Waals surface area (Å²) in [5, 5.41) is 8.08. The topological polar surface area (TPSA) is 45.4 Å². The van der Waals surface area contributed by atoms with Crippen molar-refractivity contribution in [3.05, 3.63) is 36.0 Å². The van der Waals surface area contributed by atoms with Gasteiger partial charge in [0.25, 0.3) is 0 Å². The Bertz CT molecular complexity index is 561. The minimum atomic E-state index is -0.272. The average molecular weight is 276 g/mol. The van der Waals surface area contributed by atoms with Gasteiger partial charge in [-0.3, -0.25) is 4.90 Å². The Balaban J connectivity index is 1.66. The number of nitrogens with zero attached hydrogens (tertiary/aromatic N) is 4. The van der Waals surface area contributed by atoms with Gasteiger partial charge in [-0.15, -0.1) is 10.2 Å². The van der Waals surface area contributed by atoms with Gasteiger partial charge in [0.15, 0.2) is 0 Å². The van der Waals surface area contributed by atoms with E-state index < -0.39 is 0 Å². The molecule has 1 aliphatic rings. The number of benzene rings is 1. The van der Waals surface area contributed by atoms with E-state index in [0.717, 1.165) is 31.7 Å². The van der Waals surface area contributed by atoms with Crippen LogP contribution in [0.3, 0.4) is 0 Å². The fraction of sp³-hybridized carbons (Fsp3) is 0.429. The zero-order chi connectivity index (χ0) is 13.9. The standard InChI is InChI=1S/C14H17FN4O/c1-18-6-8-19(9-7-18)10-13-16-17-14(20-13)11-2-4-12(15)5-3-11/h2-5H,6-10H2,1H3. The zero-order valence-electron chi connectivity index (χ0n) is 11.4. The molecule has 0 N–H and O–H groups in total. The van der Waals surface area contributed by atoms with Gasteiger partial charge in [-0.05, 0) is 31.3 Å². The second-order valence-electron chi connectivity index (χ2n) is 5.09. The second-order valence-corrected chi connectivity index (χ2v) is 5.09. The van der Waals surface area contributed by atoms with Crippen LogP contribution in [-0.2, 0) is 6.54 Å². The minimum absolute atomic E-state index is 0.272. The molecule has 1 fully saturated rings. The van der Waals surface area contributed by atoms with Crippen LogP contribution in [0.25, 0.3) is 11.5 Å². The molecule has 0 radical (unpaired) electrons. The first-order valence-corrected chi connectivity index (χ1v) is 6.70. The molecule has 5 nitrogen and oxygen atoms in total. The molecule has 0 bridgehead atoms. The smallest absolute Gasteiger partial charge is 0.247 e. The predicted octanol–water partition coefficient (Wildman–Crippen LogP) is 1.62. The highest BCUT2D eigenvalue weighted by Crippen LogP contribution is 2.18. The van der Waals surface area contributed by atoms with Crippen molar-refractivity contribution < 1.29 is 8.81 Å². The van der Waals surface area contributed by atoms with Crippen LogP contribution in [0.4, 0.5) is 4.39 Å². The SMILES string of the molecule is CN1CCN(Cc2nnc(-c3ccc(F)cc3)o2)CC1. The van der Waals surface area contributed by atoms with Gasteiger partial charge in [-0.2, -0.15) is 0 Å². The van der Waals surface area contributed by atoms with Crippen molar-refractivity contribution in [2.45, 2.75) is 6.54 Å². The molecular formula is C14H17FN4O. The van der Waals surface area contributed by atoms with Crippen LogP contribution in [0.2, 0.25) is 0 Å². The highest BCUT2D eigenvalue weighted by molar-refractivity contribution is 5.51. The average Bonchev–Trinajstić information content (AvgIpc) is 2.91. The summed E-state index contributed by atoms with van der Waals surface area (Å²) in [6, 6.07) is 6.06. The number of aromatic nitrogens is 2. The molecule has 0 amide bonds. The number of hydrogen-bond acceptors (Lipinski definition) is 5. The number of hydrogen-bond donors (Lipinski definition) is 0. The van der Waals surface area contributed by atoms with Crippen LogP contribution < -0.4 is 0 Å². The van der Waals surface area contributed by atoms with Crippen molar-refractivity contribution in [1.82, 2.24) is 20.0 Å². The summed E-state index contributed by atoms with van der Waals surface area (Å²) >= 11 is 0. The first kappa shape index (κ1) is 13.2. The summed E-state index contributed by atoms with van der Waals surface area (Å²) in [5.41, 5.74) is 0.739. The maximum Gasteiger partial charge on any atom is 0.247 e. The number of rotatable bonds is 3. The first-order chi connectivity index (χ1) is 9.70. The normalized spacial score (nSPS) is 17.5. The fourth-order valence-electron chi connectivity index (χ4n) is 2.22. The van der Waals surface area contributed by atoms with Crippen molar-refractivity contribution in [2.75, 3.05) is 33.2 Å². The number of piperazine rings is 1. The van der Waals surface area contributed by atoms with E-state index >= 15 is 0 Å². The van der Waals surface area contributed by atoms with Crippen LogP contribution in [0, 0.1) is 5.82 Å². The van der Waals surface area contributed by atoms with Crippen molar-refractivity contribution in [1.29, 1.82) is 0 Å². The molecule has 1 aromatic heterocycles. The highest BCUT2D eigenvalue weighted by atomic mass is 19.1. The molecule has 2 aromatic rings. The summed E-state index contributed by atoms with van der Waals surface area (Å²) in [6.07, 6.45) is 0. The molecule has 1 saturated heterocycles. The Morgan fingerprint density at radius 2 is 1.80 bits per heavy atom. The molecule has 1 aliphatic heterocycles. The monoisotopic (exact) mass is 276 g/mol. The first-order valence-electron chi connectivity index (χ1n) is 6.70. The Kier molecular flexibility index (Phi) is 3.75. The van der Waals surface area contributed by atoms with E-state index in [1.54, 1.807) is 12.1 Å². The molecule has 3 rings (SSSR count). The summed E-state index contributed by atoms with van der Waals surface area (Å²) in [6.45, 7) is 4.79. The van der Waals surface area contributed by atoms with E-state index in [0.29, 0.717) is 18.3 Å². The van der Waals surface area contributed by atoms with Crippen molar-refractivity contribution in [3.63, 3.8) is 0 Å².